The van der Waals surface area contributed by atoms with Crippen LogP contribution in [0.15, 0.2) is 24.3 Å². The Balaban J connectivity index is 1.97. The predicted molar refractivity (Wildman–Crippen MR) is 92.0 cm³/mol. The molecular weight excluding hydrogens is 324 g/mol. The number of amides is 2. The fourth-order valence-corrected chi connectivity index (χ4v) is 2.73. The van der Waals surface area contributed by atoms with E-state index in [-0.39, 0.29) is 12.5 Å². The standard InChI is InChI=1S/C18H24N2O5/c1-3-25-16(22)11-15(21)17(23)19-14-5-4-10-20(18(14)24)13-8-6-12(2)7-9-13/h6-9,14-15,21H,3-5,10-11H2,1-2H3,(H,19,23)/t14-,15+/m0/s1. The number of piperidine rings is 1. The molecule has 136 valence electrons. The predicted octanol–water partition coefficient (Wildman–Crippen LogP) is 0.921. The average molecular weight is 348 g/mol. The van der Waals surface area contributed by atoms with Gasteiger partial charge in [-0.25, -0.2) is 0 Å². The van der Waals surface area contributed by atoms with Crippen molar-refractivity contribution >= 4 is 23.5 Å². The van der Waals surface area contributed by atoms with E-state index in [1.807, 2.05) is 31.2 Å². The van der Waals surface area contributed by atoms with E-state index in [2.05, 4.69) is 5.32 Å². The first-order chi connectivity index (χ1) is 11.9. The number of carbonyl (C=O) groups excluding carboxylic acids is 3. The number of aliphatic hydroxyl groups excluding tert-OH is 1. The van der Waals surface area contributed by atoms with Crippen molar-refractivity contribution in [2.45, 2.75) is 45.3 Å². The van der Waals surface area contributed by atoms with Gasteiger partial charge in [0.15, 0.2) is 0 Å². The molecule has 25 heavy (non-hydrogen) atoms. The van der Waals surface area contributed by atoms with Crippen LogP contribution in [0.2, 0.25) is 0 Å². The number of aryl methyl sites for hydroxylation is 1. The van der Waals surface area contributed by atoms with Gasteiger partial charge in [0.25, 0.3) is 0 Å². The van der Waals surface area contributed by atoms with Gasteiger partial charge in [-0.3, -0.25) is 14.4 Å². The van der Waals surface area contributed by atoms with Gasteiger partial charge >= 0.3 is 5.97 Å². The molecule has 0 spiro atoms. The van der Waals surface area contributed by atoms with Gasteiger partial charge in [0.1, 0.15) is 12.1 Å². The molecule has 2 amide bonds. The summed E-state index contributed by atoms with van der Waals surface area (Å²) >= 11 is 0. The summed E-state index contributed by atoms with van der Waals surface area (Å²) in [5, 5.41) is 12.3. The van der Waals surface area contributed by atoms with Gasteiger partial charge in [0.2, 0.25) is 11.8 Å². The van der Waals surface area contributed by atoms with Crippen LogP contribution in [-0.2, 0) is 19.1 Å². The summed E-state index contributed by atoms with van der Waals surface area (Å²) in [6, 6.07) is 6.88. The van der Waals surface area contributed by atoms with Crippen molar-refractivity contribution in [3.05, 3.63) is 29.8 Å². The zero-order chi connectivity index (χ0) is 18.4. The fourth-order valence-electron chi connectivity index (χ4n) is 2.73. The first-order valence-corrected chi connectivity index (χ1v) is 8.44. The molecule has 0 aromatic heterocycles. The van der Waals surface area contributed by atoms with Crippen LogP contribution in [0, 0.1) is 6.92 Å². The van der Waals surface area contributed by atoms with E-state index in [1.165, 1.54) is 0 Å². The van der Waals surface area contributed by atoms with Crippen molar-refractivity contribution in [3.63, 3.8) is 0 Å². The highest BCUT2D eigenvalue weighted by Gasteiger charge is 2.32. The summed E-state index contributed by atoms with van der Waals surface area (Å²) in [4.78, 5) is 37.6. The number of nitrogens with one attached hydrogen (secondary N) is 1. The molecule has 0 saturated carbocycles. The van der Waals surface area contributed by atoms with E-state index in [1.54, 1.807) is 11.8 Å². The summed E-state index contributed by atoms with van der Waals surface area (Å²) < 4.78 is 4.70. The van der Waals surface area contributed by atoms with E-state index in [4.69, 9.17) is 4.74 Å². The van der Waals surface area contributed by atoms with E-state index >= 15 is 0 Å². The minimum atomic E-state index is -1.53. The van der Waals surface area contributed by atoms with Crippen LogP contribution in [0.25, 0.3) is 0 Å². The Hall–Kier alpha value is -2.41. The normalized spacial score (nSPS) is 18.6. The Morgan fingerprint density at radius 1 is 1.36 bits per heavy atom. The third kappa shape index (κ3) is 5.03. The zero-order valence-corrected chi connectivity index (χ0v) is 14.5. The molecule has 2 rings (SSSR count). The lowest BCUT2D eigenvalue weighted by molar-refractivity contribution is -0.149. The summed E-state index contributed by atoms with van der Waals surface area (Å²) in [6.45, 7) is 4.37. The molecule has 1 heterocycles. The molecule has 0 bridgehead atoms. The molecule has 7 heteroatoms. The Morgan fingerprint density at radius 3 is 2.68 bits per heavy atom. The average Bonchev–Trinajstić information content (AvgIpc) is 2.57. The fraction of sp³-hybridized carbons (Fsp3) is 0.500. The first kappa shape index (κ1) is 18.9. The molecule has 1 saturated heterocycles. The second kappa shape index (κ2) is 8.62. The van der Waals surface area contributed by atoms with Crippen LogP contribution in [0.1, 0.15) is 31.7 Å². The van der Waals surface area contributed by atoms with Crippen LogP contribution in [-0.4, -0.2) is 48.2 Å². The molecule has 2 atom stereocenters. The second-order valence-electron chi connectivity index (χ2n) is 6.05. The number of nitrogens with zero attached hydrogens (tertiary/aromatic N) is 1. The Bertz CT molecular complexity index is 629. The second-order valence-corrected chi connectivity index (χ2v) is 6.05. The van der Waals surface area contributed by atoms with Crippen molar-refractivity contribution in [3.8, 4) is 0 Å². The maximum absolute atomic E-state index is 12.6. The Labute approximate surface area is 147 Å². The lowest BCUT2D eigenvalue weighted by Crippen LogP contribution is -2.54. The quantitative estimate of drug-likeness (QED) is 0.746. The lowest BCUT2D eigenvalue weighted by atomic mass is 10.0. The van der Waals surface area contributed by atoms with Gasteiger partial charge in [0.05, 0.1) is 13.0 Å². The molecule has 7 nitrogen and oxygen atoms in total. The maximum atomic E-state index is 12.6. The highest BCUT2D eigenvalue weighted by molar-refractivity contribution is 6.00. The monoisotopic (exact) mass is 348 g/mol. The van der Waals surface area contributed by atoms with Crippen LogP contribution in [0.5, 0.6) is 0 Å². The number of hydrogen-bond donors (Lipinski definition) is 2. The number of rotatable bonds is 6. The number of anilines is 1. The molecule has 1 fully saturated rings. The smallest absolute Gasteiger partial charge is 0.308 e. The van der Waals surface area contributed by atoms with Crippen LogP contribution in [0.4, 0.5) is 5.69 Å². The van der Waals surface area contributed by atoms with Crippen molar-refractivity contribution in [1.29, 1.82) is 0 Å². The largest absolute Gasteiger partial charge is 0.466 e. The van der Waals surface area contributed by atoms with Crippen molar-refractivity contribution in [1.82, 2.24) is 5.32 Å². The van der Waals surface area contributed by atoms with E-state index in [0.29, 0.717) is 13.0 Å². The van der Waals surface area contributed by atoms with Gasteiger partial charge in [-0.05, 0) is 38.8 Å². The summed E-state index contributed by atoms with van der Waals surface area (Å²) in [5.41, 5.74) is 1.88. The number of esters is 1. The van der Waals surface area contributed by atoms with E-state index in [9.17, 15) is 19.5 Å². The number of aliphatic hydroxyl groups is 1. The molecular formula is C18H24N2O5. The third-order valence-electron chi connectivity index (χ3n) is 4.07. The lowest BCUT2D eigenvalue weighted by Gasteiger charge is -2.33. The van der Waals surface area contributed by atoms with E-state index < -0.39 is 30.4 Å². The van der Waals surface area contributed by atoms with Crippen molar-refractivity contribution in [2.75, 3.05) is 18.1 Å². The summed E-state index contributed by atoms with van der Waals surface area (Å²) in [7, 11) is 0. The van der Waals surface area contributed by atoms with Gasteiger partial charge in [-0.1, -0.05) is 17.7 Å². The third-order valence-corrected chi connectivity index (χ3v) is 4.07. The molecule has 1 aromatic rings. The minimum absolute atomic E-state index is 0.180. The molecule has 1 aliphatic heterocycles. The Kier molecular flexibility index (Phi) is 6.52. The molecule has 0 aliphatic carbocycles. The van der Waals surface area contributed by atoms with Gasteiger partial charge < -0.3 is 20.1 Å². The summed E-state index contributed by atoms with van der Waals surface area (Å²) in [6.07, 6.45) is -0.721. The van der Waals surface area contributed by atoms with Gasteiger partial charge in [-0.2, -0.15) is 0 Å². The van der Waals surface area contributed by atoms with Crippen molar-refractivity contribution in [2.24, 2.45) is 0 Å². The summed E-state index contributed by atoms with van der Waals surface area (Å²) in [5.74, 6) is -1.61. The molecule has 1 aliphatic rings. The SMILES string of the molecule is CCOC(=O)C[C@@H](O)C(=O)N[C@H]1CCCN(c2ccc(C)cc2)C1=O. The minimum Gasteiger partial charge on any atom is -0.466 e. The number of carbonyl (C=O) groups is 3. The van der Waals surface area contributed by atoms with E-state index in [0.717, 1.165) is 17.7 Å². The zero-order valence-electron chi connectivity index (χ0n) is 14.5. The maximum Gasteiger partial charge on any atom is 0.308 e. The number of hydrogen-bond acceptors (Lipinski definition) is 5. The van der Waals surface area contributed by atoms with Crippen molar-refractivity contribution < 1.29 is 24.2 Å². The van der Waals surface area contributed by atoms with Crippen LogP contribution >= 0.6 is 0 Å². The number of ether oxygens (including phenoxy) is 1. The molecule has 1 aromatic carbocycles. The van der Waals surface area contributed by atoms with Crippen LogP contribution < -0.4 is 10.2 Å². The van der Waals surface area contributed by atoms with Crippen LogP contribution in [0.3, 0.4) is 0 Å². The Morgan fingerprint density at radius 2 is 2.04 bits per heavy atom. The van der Waals surface area contributed by atoms with Gasteiger partial charge in [-0.15, -0.1) is 0 Å². The molecule has 0 radical (unpaired) electrons. The topological polar surface area (TPSA) is 95.9 Å². The highest BCUT2D eigenvalue weighted by Crippen LogP contribution is 2.21. The first-order valence-electron chi connectivity index (χ1n) is 8.44. The van der Waals surface area contributed by atoms with Gasteiger partial charge in [0, 0.05) is 12.2 Å². The molecule has 0 unspecified atom stereocenters. The molecule has 2 N–H and O–H groups in total. The highest BCUT2D eigenvalue weighted by atomic mass is 16.5. The number of benzene rings is 1.